The fourth-order valence-corrected chi connectivity index (χ4v) is 11.3. The third-order valence-corrected chi connectivity index (χ3v) is 17.0. The Labute approximate surface area is 566 Å². The molecular weight excluding hydrogens is 1100 g/mol. The molecule has 0 radical (unpaired) electrons. The van der Waals surface area contributed by atoms with Crippen LogP contribution in [0, 0.1) is 0 Å². The second kappa shape index (κ2) is 83.0. The maximum atomic E-state index is 5.21. The van der Waals surface area contributed by atoms with Crippen LogP contribution in [0.1, 0.15) is 318 Å². The molecule has 0 aromatic heterocycles. The first-order valence-corrected chi connectivity index (χ1v) is 40.4. The number of piperazine rings is 1. The van der Waals surface area contributed by atoms with Crippen LogP contribution in [0.3, 0.4) is 0 Å². The van der Waals surface area contributed by atoms with Crippen molar-refractivity contribution in [3.8, 4) is 0 Å². The van der Waals surface area contributed by atoms with Crippen molar-refractivity contribution in [3.63, 3.8) is 0 Å². The third kappa shape index (κ3) is 67.4. The molecular formula is C77H179N9OS. The maximum Gasteiger partial charge on any atom is 0.0594 e. The number of rotatable bonds is 8. The standard InChI is InChI=1S/C10H21N.C9H19N.C8H17N.C7H16N2.C7H15NO.C7H15NS.C7H15N.C6H13N.8C2H6/c1-10(2)11-8-6-4-3-5-7-9-11;1-9(2)10-7-5-3-4-6-8-10;1-8(2)9-6-4-3-5-7-9;1-7(2)9-5-3-8-4-6-9;2*1-7(2)8-3-5-9-6-4-8;1-7(2)8-5-3-4-6-8;1-6(2)7-4-3-5-7;8*1-2/h10H,3-9H2,1-2H3;9H,3-8H2,1-2H3;8H,3-7H2,1-2H3;7-8H,3-6H2,1-2H3;2*7H,3-6H2,1-2H3;7H,3-6H2,1-2H3;6H,3-5H2,1-2H3;8*1-2H3. The van der Waals surface area contributed by atoms with E-state index in [0.717, 1.165) is 81.7 Å². The number of piperidine rings is 1. The van der Waals surface area contributed by atoms with Crippen molar-refractivity contribution < 1.29 is 4.74 Å². The van der Waals surface area contributed by atoms with Gasteiger partial charge in [0.2, 0.25) is 0 Å². The highest BCUT2D eigenvalue weighted by atomic mass is 32.2. The highest BCUT2D eigenvalue weighted by Crippen LogP contribution is 2.15. The van der Waals surface area contributed by atoms with Crippen LogP contribution in [0.2, 0.25) is 0 Å². The van der Waals surface area contributed by atoms with Crippen molar-refractivity contribution >= 4 is 11.8 Å². The highest BCUT2D eigenvalue weighted by Gasteiger charge is 2.18. The van der Waals surface area contributed by atoms with Crippen LogP contribution >= 0.6 is 11.8 Å². The molecule has 0 unspecified atom stereocenters. The summed E-state index contributed by atoms with van der Waals surface area (Å²) < 4.78 is 5.21. The molecule has 0 saturated carbocycles. The molecule has 11 heteroatoms. The summed E-state index contributed by atoms with van der Waals surface area (Å²) >= 11 is 2.07. The van der Waals surface area contributed by atoms with E-state index in [1.165, 1.54) is 199 Å². The van der Waals surface area contributed by atoms with Gasteiger partial charge in [-0.2, -0.15) is 11.8 Å². The van der Waals surface area contributed by atoms with Crippen LogP contribution in [0.15, 0.2) is 0 Å². The number of likely N-dealkylation sites (tertiary alicyclic amines) is 5. The molecule has 8 saturated heterocycles. The van der Waals surface area contributed by atoms with Gasteiger partial charge in [0.15, 0.2) is 0 Å². The van der Waals surface area contributed by atoms with Gasteiger partial charge in [-0.3, -0.25) is 14.7 Å². The largest absolute Gasteiger partial charge is 0.379 e. The minimum atomic E-state index is 0.689. The molecule has 8 aliphatic rings. The fraction of sp³-hybridized carbons (Fsp3) is 1.00. The predicted molar refractivity (Wildman–Crippen MR) is 415 cm³/mol. The van der Waals surface area contributed by atoms with Gasteiger partial charge >= 0.3 is 0 Å². The van der Waals surface area contributed by atoms with Crippen LogP contribution in [0.5, 0.6) is 0 Å². The number of nitrogens with zero attached hydrogens (tertiary/aromatic N) is 8. The van der Waals surface area contributed by atoms with Crippen molar-refractivity contribution in [2.75, 3.05) is 143 Å². The number of hydrogen-bond donors (Lipinski definition) is 1. The Morgan fingerprint density at radius 2 is 0.386 bits per heavy atom. The molecule has 8 fully saturated rings. The number of hydrogen-bond acceptors (Lipinski definition) is 11. The Bertz CT molecular complexity index is 1040. The minimum Gasteiger partial charge on any atom is -0.379 e. The van der Waals surface area contributed by atoms with E-state index in [-0.39, 0.29) is 0 Å². The maximum absolute atomic E-state index is 5.21. The van der Waals surface area contributed by atoms with E-state index in [1.54, 1.807) is 0 Å². The summed E-state index contributed by atoms with van der Waals surface area (Å²) in [5.74, 6) is 2.66. The molecule has 8 rings (SSSR count). The molecule has 0 spiro atoms. The molecule has 8 aliphatic heterocycles. The van der Waals surface area contributed by atoms with E-state index in [9.17, 15) is 0 Å². The molecule has 0 amide bonds. The number of thioether (sulfide) groups is 1. The minimum absolute atomic E-state index is 0.689. The van der Waals surface area contributed by atoms with Crippen LogP contribution in [-0.4, -0.2) is 230 Å². The molecule has 544 valence electrons. The first-order valence-electron chi connectivity index (χ1n) is 39.2. The normalized spacial score (nSPS) is 19.4. The topological polar surface area (TPSA) is 47.2 Å². The SMILES string of the molecule is CC.CC.CC.CC.CC.CC.CC.CC.CC(C)N1CCC1.CC(C)N1CCCC1.CC(C)N1CCCCC1.CC(C)N1CCCCCC1.CC(C)N1CCCCCCC1.CC(C)N1CCNCC1.CC(C)N1CCOCC1.CC(C)N1CCSCC1. The van der Waals surface area contributed by atoms with Crippen LogP contribution < -0.4 is 5.32 Å². The second-order valence-electron chi connectivity index (χ2n) is 24.3. The molecule has 0 aliphatic carbocycles. The first kappa shape index (κ1) is 104. The molecule has 0 aromatic rings. The highest BCUT2D eigenvalue weighted by molar-refractivity contribution is 7.99. The third-order valence-electron chi connectivity index (χ3n) is 16.0. The van der Waals surface area contributed by atoms with Crippen LogP contribution in [0.25, 0.3) is 0 Å². The summed E-state index contributed by atoms with van der Waals surface area (Å²) in [4.78, 5) is 20.2. The van der Waals surface area contributed by atoms with Gasteiger partial charge in [0, 0.05) is 112 Å². The number of nitrogens with one attached hydrogen (secondary N) is 1. The lowest BCUT2D eigenvalue weighted by Crippen LogP contribution is -2.46. The summed E-state index contributed by atoms with van der Waals surface area (Å²) in [6.07, 6.45) is 21.4. The van der Waals surface area contributed by atoms with E-state index < -0.39 is 0 Å². The van der Waals surface area contributed by atoms with Crippen molar-refractivity contribution in [1.29, 1.82) is 0 Å². The van der Waals surface area contributed by atoms with Gasteiger partial charge in [-0.15, -0.1) is 0 Å². The van der Waals surface area contributed by atoms with Gasteiger partial charge in [0.1, 0.15) is 0 Å². The summed E-state index contributed by atoms with van der Waals surface area (Å²) in [6, 6.07) is 6.02. The second-order valence-corrected chi connectivity index (χ2v) is 25.5. The Kier molecular flexibility index (Phi) is 98.2. The summed E-state index contributed by atoms with van der Waals surface area (Å²) in [5.41, 5.74) is 0. The average Bonchev–Trinajstić information content (AvgIpc) is 3.99. The number of morpholine rings is 1. The van der Waals surface area contributed by atoms with Crippen LogP contribution in [-0.2, 0) is 4.74 Å². The molecule has 1 N–H and O–H groups in total. The van der Waals surface area contributed by atoms with Crippen molar-refractivity contribution in [2.45, 2.75) is 366 Å². The zero-order valence-electron chi connectivity index (χ0n) is 67.7. The van der Waals surface area contributed by atoms with E-state index in [0.29, 0.717) is 6.04 Å². The van der Waals surface area contributed by atoms with E-state index in [2.05, 4.69) is 167 Å². The van der Waals surface area contributed by atoms with Gasteiger partial charge in [0.05, 0.1) is 13.2 Å². The Morgan fingerprint density at radius 3 is 0.568 bits per heavy atom. The van der Waals surface area contributed by atoms with Gasteiger partial charge < -0.3 is 34.6 Å². The van der Waals surface area contributed by atoms with Gasteiger partial charge in [-0.25, -0.2) is 0 Å². The zero-order chi connectivity index (χ0) is 69.5. The Hall–Kier alpha value is -0.0500. The van der Waals surface area contributed by atoms with Crippen LogP contribution in [0.4, 0.5) is 0 Å². The van der Waals surface area contributed by atoms with E-state index in [1.807, 2.05) is 111 Å². The quantitative estimate of drug-likeness (QED) is 0.253. The molecule has 0 bridgehead atoms. The predicted octanol–water partition coefficient (Wildman–Crippen LogP) is 20.1. The molecule has 88 heavy (non-hydrogen) atoms. The van der Waals surface area contributed by atoms with Crippen molar-refractivity contribution in [1.82, 2.24) is 44.5 Å². The number of ether oxygens (including phenoxy) is 1. The Morgan fingerprint density at radius 1 is 0.216 bits per heavy atom. The summed E-state index contributed by atoms with van der Waals surface area (Å²) in [6.45, 7) is 93.0. The summed E-state index contributed by atoms with van der Waals surface area (Å²) in [7, 11) is 0. The lowest BCUT2D eigenvalue weighted by atomic mass is 10.1. The molecule has 10 nitrogen and oxygen atoms in total. The van der Waals surface area contributed by atoms with Gasteiger partial charge in [-0.1, -0.05) is 149 Å². The van der Waals surface area contributed by atoms with E-state index in [4.69, 9.17) is 4.74 Å². The lowest BCUT2D eigenvalue weighted by Gasteiger charge is -2.34. The van der Waals surface area contributed by atoms with Crippen molar-refractivity contribution in [3.05, 3.63) is 0 Å². The lowest BCUT2D eigenvalue weighted by molar-refractivity contribution is 0.0238. The van der Waals surface area contributed by atoms with E-state index >= 15 is 0 Å². The first-order chi connectivity index (χ1) is 42.4. The molecule has 0 aromatic carbocycles. The fourth-order valence-electron chi connectivity index (χ4n) is 10.3. The molecule has 0 atom stereocenters. The molecule has 8 heterocycles. The zero-order valence-corrected chi connectivity index (χ0v) is 68.5. The smallest absolute Gasteiger partial charge is 0.0594 e. The monoisotopic (exact) mass is 1280 g/mol. The van der Waals surface area contributed by atoms with Gasteiger partial charge in [0.25, 0.3) is 0 Å². The van der Waals surface area contributed by atoms with Gasteiger partial charge in [-0.05, 0) is 234 Å². The summed E-state index contributed by atoms with van der Waals surface area (Å²) in [5, 5.41) is 3.33. The Balaban J connectivity index is -0.000000134. The van der Waals surface area contributed by atoms with Crippen molar-refractivity contribution in [2.24, 2.45) is 0 Å². The average molecular weight is 1280 g/mol.